The number of hydrogen-bond acceptors (Lipinski definition) is 3. The van der Waals surface area contributed by atoms with Crippen molar-refractivity contribution in [2.45, 2.75) is 12.3 Å². The zero-order valence-electron chi connectivity index (χ0n) is 8.31. The van der Waals surface area contributed by atoms with Crippen molar-refractivity contribution in [3.63, 3.8) is 0 Å². The predicted octanol–water partition coefficient (Wildman–Crippen LogP) is -1.04. The Balaban J connectivity index is 2.29. The number of urea groups is 1. The number of thiocarbonyl (C=S) groups is 1. The topological polar surface area (TPSA) is 50.9 Å². The molecule has 78 valence electrons. The molecule has 2 N–H and O–H groups in total. The first-order valence-electron chi connectivity index (χ1n) is 4.32. The van der Waals surface area contributed by atoms with E-state index in [4.69, 9.17) is 12.2 Å². The Morgan fingerprint density at radius 1 is 1.21 bits per heavy atom. The number of hydrogen-bond donors (Lipinski definition) is 2. The lowest BCUT2D eigenvalue weighted by molar-refractivity contribution is 0.121. The Bertz CT molecular complexity index is 292. The van der Waals surface area contributed by atoms with E-state index in [1.54, 1.807) is 23.9 Å². The zero-order chi connectivity index (χ0) is 10.5. The lowest BCUT2D eigenvalue weighted by Gasteiger charge is -2.40. The van der Waals surface area contributed by atoms with Crippen molar-refractivity contribution in [1.82, 2.24) is 25.6 Å². The first-order chi connectivity index (χ1) is 6.54. The van der Waals surface area contributed by atoms with Crippen LogP contribution in [-0.4, -0.2) is 59.3 Å². The summed E-state index contributed by atoms with van der Waals surface area (Å²) in [6.45, 7) is 0. The molecule has 2 saturated heterocycles. The SMILES string of the molecule is CN1C(=O)N(C)[C@H]2NNC(=S)N(C)[C@H]21. The molecule has 14 heavy (non-hydrogen) atoms. The van der Waals surface area contributed by atoms with Gasteiger partial charge in [0.25, 0.3) is 0 Å². The minimum absolute atomic E-state index is 0.00847. The number of hydrazine groups is 1. The molecule has 2 aliphatic rings. The molecule has 2 heterocycles. The van der Waals surface area contributed by atoms with Crippen LogP contribution in [0.4, 0.5) is 4.79 Å². The van der Waals surface area contributed by atoms with Crippen molar-refractivity contribution >= 4 is 23.4 Å². The lowest BCUT2D eigenvalue weighted by atomic mass is 10.3. The molecule has 2 fully saturated rings. The maximum Gasteiger partial charge on any atom is 0.322 e. The quantitative estimate of drug-likeness (QED) is 0.506. The second-order valence-corrected chi connectivity index (χ2v) is 3.93. The van der Waals surface area contributed by atoms with Gasteiger partial charge in [-0.15, -0.1) is 0 Å². The van der Waals surface area contributed by atoms with Gasteiger partial charge >= 0.3 is 6.03 Å². The van der Waals surface area contributed by atoms with Crippen LogP contribution in [0.25, 0.3) is 0 Å². The Morgan fingerprint density at radius 2 is 1.86 bits per heavy atom. The third-order valence-electron chi connectivity index (χ3n) is 2.74. The summed E-state index contributed by atoms with van der Waals surface area (Å²) in [6, 6.07) is -0.00847. The van der Waals surface area contributed by atoms with Gasteiger partial charge in [0.05, 0.1) is 0 Å². The number of amides is 2. The van der Waals surface area contributed by atoms with Gasteiger partial charge in [0.1, 0.15) is 12.3 Å². The Labute approximate surface area is 87.8 Å². The van der Waals surface area contributed by atoms with E-state index in [1.807, 2.05) is 11.9 Å². The van der Waals surface area contributed by atoms with Gasteiger partial charge in [-0.05, 0) is 12.2 Å². The van der Waals surface area contributed by atoms with Crippen LogP contribution in [0.3, 0.4) is 0 Å². The molecular formula is C7H13N5OS. The highest BCUT2D eigenvalue weighted by atomic mass is 32.1. The van der Waals surface area contributed by atoms with Crippen LogP contribution in [0, 0.1) is 0 Å². The normalized spacial score (nSPS) is 32.1. The second-order valence-electron chi connectivity index (χ2n) is 3.55. The number of likely N-dealkylation sites (N-methyl/N-ethyl adjacent to an activating group) is 3. The number of nitrogens with one attached hydrogen (secondary N) is 2. The van der Waals surface area contributed by atoms with Crippen LogP contribution in [0.1, 0.15) is 0 Å². The molecule has 0 aromatic rings. The number of carbonyl (C=O) groups excluding carboxylic acids is 1. The average molecular weight is 215 g/mol. The highest BCUT2D eigenvalue weighted by Gasteiger charge is 2.47. The van der Waals surface area contributed by atoms with E-state index in [1.165, 1.54) is 0 Å². The van der Waals surface area contributed by atoms with E-state index in [0.29, 0.717) is 5.11 Å². The Hall–Kier alpha value is -1.08. The number of nitrogens with zero attached hydrogens (tertiary/aromatic N) is 3. The van der Waals surface area contributed by atoms with Crippen LogP contribution < -0.4 is 10.9 Å². The summed E-state index contributed by atoms with van der Waals surface area (Å²) in [5.41, 5.74) is 5.86. The molecule has 2 amide bonds. The smallest absolute Gasteiger partial charge is 0.322 e. The molecular weight excluding hydrogens is 202 g/mol. The summed E-state index contributed by atoms with van der Waals surface area (Å²) >= 11 is 5.08. The Morgan fingerprint density at radius 3 is 2.50 bits per heavy atom. The van der Waals surface area contributed by atoms with Crippen molar-refractivity contribution < 1.29 is 4.79 Å². The summed E-state index contributed by atoms with van der Waals surface area (Å²) in [5.74, 6) is 0. The van der Waals surface area contributed by atoms with Gasteiger partial charge < -0.3 is 14.7 Å². The molecule has 0 aliphatic carbocycles. The molecule has 2 rings (SSSR count). The van der Waals surface area contributed by atoms with Gasteiger partial charge in [0, 0.05) is 21.1 Å². The van der Waals surface area contributed by atoms with E-state index in [2.05, 4.69) is 10.9 Å². The van der Waals surface area contributed by atoms with Crippen LogP contribution in [0.5, 0.6) is 0 Å². The maximum atomic E-state index is 11.6. The fourth-order valence-electron chi connectivity index (χ4n) is 1.88. The van der Waals surface area contributed by atoms with Gasteiger partial charge in [-0.25, -0.2) is 10.2 Å². The van der Waals surface area contributed by atoms with Crippen molar-refractivity contribution in [2.24, 2.45) is 0 Å². The minimum atomic E-state index is -0.0656. The Kier molecular flexibility index (Phi) is 2.00. The second kappa shape index (κ2) is 2.96. The van der Waals surface area contributed by atoms with E-state index in [-0.39, 0.29) is 18.4 Å². The highest BCUT2D eigenvalue weighted by molar-refractivity contribution is 7.80. The maximum absolute atomic E-state index is 11.6. The van der Waals surface area contributed by atoms with Crippen molar-refractivity contribution in [3.05, 3.63) is 0 Å². The standard InChI is InChI=1S/C7H13N5OS/c1-10-4-5(12(3)7(10)13)11(2)6(14)9-8-4/h4-5,8H,1-3H3,(H,9,14)/t4-,5+/m1/s1. The number of rotatable bonds is 0. The van der Waals surface area contributed by atoms with E-state index >= 15 is 0 Å². The summed E-state index contributed by atoms with van der Waals surface area (Å²) in [7, 11) is 5.41. The summed E-state index contributed by atoms with van der Waals surface area (Å²) in [5, 5.41) is 0.598. The highest BCUT2D eigenvalue weighted by Crippen LogP contribution is 2.21. The molecule has 0 spiro atoms. The molecule has 0 saturated carbocycles. The molecule has 0 radical (unpaired) electrons. The molecule has 0 aromatic heterocycles. The monoisotopic (exact) mass is 215 g/mol. The average Bonchev–Trinajstić information content (AvgIpc) is 2.38. The van der Waals surface area contributed by atoms with E-state index < -0.39 is 0 Å². The fraction of sp³-hybridized carbons (Fsp3) is 0.714. The van der Waals surface area contributed by atoms with Gasteiger partial charge in [-0.1, -0.05) is 0 Å². The van der Waals surface area contributed by atoms with Gasteiger partial charge in [0.2, 0.25) is 0 Å². The van der Waals surface area contributed by atoms with Gasteiger partial charge in [0.15, 0.2) is 5.11 Å². The van der Waals surface area contributed by atoms with Crippen molar-refractivity contribution in [1.29, 1.82) is 0 Å². The van der Waals surface area contributed by atoms with Gasteiger partial charge in [-0.2, -0.15) is 0 Å². The third kappa shape index (κ3) is 1.05. The van der Waals surface area contributed by atoms with Crippen molar-refractivity contribution in [3.8, 4) is 0 Å². The first-order valence-corrected chi connectivity index (χ1v) is 4.73. The largest absolute Gasteiger partial charge is 0.327 e. The molecule has 2 atom stereocenters. The molecule has 2 aliphatic heterocycles. The van der Waals surface area contributed by atoms with E-state index in [9.17, 15) is 4.79 Å². The predicted molar refractivity (Wildman–Crippen MR) is 55.1 cm³/mol. The molecule has 7 heteroatoms. The number of fused-ring (bicyclic) bond motifs is 1. The molecule has 6 nitrogen and oxygen atoms in total. The third-order valence-corrected chi connectivity index (χ3v) is 3.13. The molecule has 0 unspecified atom stereocenters. The van der Waals surface area contributed by atoms with Crippen molar-refractivity contribution in [2.75, 3.05) is 21.1 Å². The first kappa shape index (κ1) is 9.47. The van der Waals surface area contributed by atoms with Crippen LogP contribution in [0.2, 0.25) is 0 Å². The number of carbonyl (C=O) groups is 1. The summed E-state index contributed by atoms with van der Waals surface area (Å²) < 4.78 is 0. The van der Waals surface area contributed by atoms with Crippen LogP contribution in [-0.2, 0) is 0 Å². The van der Waals surface area contributed by atoms with Crippen LogP contribution in [0.15, 0.2) is 0 Å². The van der Waals surface area contributed by atoms with E-state index in [0.717, 1.165) is 0 Å². The molecule has 0 bridgehead atoms. The fourth-order valence-corrected chi connectivity index (χ4v) is 2.05. The minimum Gasteiger partial charge on any atom is -0.327 e. The van der Waals surface area contributed by atoms with Crippen LogP contribution >= 0.6 is 12.2 Å². The zero-order valence-corrected chi connectivity index (χ0v) is 9.13. The molecule has 0 aromatic carbocycles. The summed E-state index contributed by atoms with van der Waals surface area (Å²) in [4.78, 5) is 16.8. The lowest BCUT2D eigenvalue weighted by Crippen LogP contribution is -2.67. The summed E-state index contributed by atoms with van der Waals surface area (Å²) in [6.07, 6.45) is -0.106. The van der Waals surface area contributed by atoms with Gasteiger partial charge in [-0.3, -0.25) is 5.43 Å².